The van der Waals surface area contributed by atoms with Gasteiger partial charge in [0.05, 0.1) is 13.4 Å². The van der Waals surface area contributed by atoms with Crippen LogP contribution in [0.2, 0.25) is 0 Å². The first-order valence-corrected chi connectivity index (χ1v) is 3.87. The molecule has 0 spiro atoms. The summed E-state index contributed by atoms with van der Waals surface area (Å²) in [4.78, 5) is 27.2. The van der Waals surface area contributed by atoms with Crippen LogP contribution in [-0.2, 0) is 4.74 Å². The zero-order chi connectivity index (χ0) is 10.3. The van der Waals surface area contributed by atoms with Crippen LogP contribution in [0, 0.1) is 0 Å². The minimum atomic E-state index is -0.615. The van der Waals surface area contributed by atoms with Crippen molar-refractivity contribution in [1.82, 2.24) is 9.97 Å². The first kappa shape index (κ1) is 11.4. The molecule has 1 aromatic rings. The summed E-state index contributed by atoms with van der Waals surface area (Å²) < 4.78 is 4.34. The van der Waals surface area contributed by atoms with Crippen LogP contribution in [-0.4, -0.2) is 23.0 Å². The molecule has 0 fully saturated rings. The fraction of sp³-hybridized carbons (Fsp3) is 0.375. The lowest BCUT2D eigenvalue weighted by Gasteiger charge is -1.94. The van der Waals surface area contributed by atoms with Crippen LogP contribution < -0.4 is 5.56 Å². The molecule has 0 unspecified atom stereocenters. The summed E-state index contributed by atoms with van der Waals surface area (Å²) in [7, 11) is 1.23. The third-order valence-electron chi connectivity index (χ3n) is 1.07. The van der Waals surface area contributed by atoms with Gasteiger partial charge < -0.3 is 9.72 Å². The zero-order valence-corrected chi connectivity index (χ0v) is 7.83. The van der Waals surface area contributed by atoms with E-state index in [9.17, 15) is 9.59 Å². The Balaban J connectivity index is 0.000000671. The Labute approximate surface area is 75.8 Å². The van der Waals surface area contributed by atoms with Crippen LogP contribution in [0.5, 0.6) is 0 Å². The number of nitrogens with zero attached hydrogens (tertiary/aromatic N) is 1. The van der Waals surface area contributed by atoms with E-state index in [0.717, 1.165) is 12.4 Å². The highest BCUT2D eigenvalue weighted by atomic mass is 16.5. The van der Waals surface area contributed by atoms with E-state index in [1.807, 2.05) is 13.8 Å². The molecule has 13 heavy (non-hydrogen) atoms. The zero-order valence-electron chi connectivity index (χ0n) is 7.83. The van der Waals surface area contributed by atoms with Crippen molar-refractivity contribution in [1.29, 1.82) is 0 Å². The number of nitrogens with one attached hydrogen (secondary N) is 1. The smallest absolute Gasteiger partial charge is 0.356 e. The number of H-pyrrole nitrogens is 1. The van der Waals surface area contributed by atoms with Crippen molar-refractivity contribution in [2.45, 2.75) is 13.8 Å². The molecule has 5 nitrogen and oxygen atoms in total. The quantitative estimate of drug-likeness (QED) is 0.648. The summed E-state index contributed by atoms with van der Waals surface area (Å²) in [6, 6.07) is 1.08. The third-order valence-corrected chi connectivity index (χ3v) is 1.07. The van der Waals surface area contributed by atoms with Gasteiger partial charge in [-0.15, -0.1) is 0 Å². The maximum atomic E-state index is 10.7. The van der Waals surface area contributed by atoms with E-state index in [-0.39, 0.29) is 11.3 Å². The molecular formula is C8H12N2O3. The van der Waals surface area contributed by atoms with Crippen molar-refractivity contribution >= 4 is 5.97 Å². The van der Waals surface area contributed by atoms with Crippen LogP contribution in [0.1, 0.15) is 24.3 Å². The van der Waals surface area contributed by atoms with Gasteiger partial charge >= 0.3 is 5.97 Å². The fourth-order valence-electron chi connectivity index (χ4n) is 0.585. The van der Waals surface area contributed by atoms with Crippen LogP contribution >= 0.6 is 0 Å². The van der Waals surface area contributed by atoms with Crippen molar-refractivity contribution in [3.8, 4) is 0 Å². The average molecular weight is 184 g/mol. The summed E-state index contributed by atoms with van der Waals surface area (Å²) in [5, 5.41) is 0. The SMILES string of the molecule is CC.COC(=O)c1cc(=O)[nH]cn1. The largest absolute Gasteiger partial charge is 0.464 e. The second kappa shape index (κ2) is 5.93. The fourth-order valence-corrected chi connectivity index (χ4v) is 0.585. The number of esters is 1. The number of ether oxygens (including phenoxy) is 1. The summed E-state index contributed by atoms with van der Waals surface area (Å²) in [6.45, 7) is 4.00. The molecule has 0 saturated heterocycles. The summed E-state index contributed by atoms with van der Waals surface area (Å²) in [5.41, 5.74) is -0.364. The van der Waals surface area contributed by atoms with Gasteiger partial charge in [-0.25, -0.2) is 9.78 Å². The molecule has 0 aliphatic heterocycles. The Morgan fingerprint density at radius 2 is 2.15 bits per heavy atom. The number of carbonyl (C=O) groups excluding carboxylic acids is 1. The van der Waals surface area contributed by atoms with E-state index in [1.165, 1.54) is 7.11 Å². The van der Waals surface area contributed by atoms with E-state index >= 15 is 0 Å². The van der Waals surface area contributed by atoms with Crippen LogP contribution in [0.25, 0.3) is 0 Å². The molecule has 0 radical (unpaired) electrons. The van der Waals surface area contributed by atoms with Gasteiger partial charge in [0.15, 0.2) is 5.69 Å². The Morgan fingerprint density at radius 3 is 2.62 bits per heavy atom. The van der Waals surface area contributed by atoms with Gasteiger partial charge in [0.25, 0.3) is 5.56 Å². The molecule has 0 saturated carbocycles. The van der Waals surface area contributed by atoms with Gasteiger partial charge in [-0.1, -0.05) is 13.8 Å². The number of hydrogen-bond acceptors (Lipinski definition) is 4. The second-order valence-corrected chi connectivity index (χ2v) is 1.79. The summed E-state index contributed by atoms with van der Waals surface area (Å²) in [5.74, 6) is -0.615. The van der Waals surface area contributed by atoms with Crippen molar-refractivity contribution in [2.24, 2.45) is 0 Å². The Morgan fingerprint density at radius 1 is 1.54 bits per heavy atom. The molecule has 0 aliphatic rings. The first-order valence-electron chi connectivity index (χ1n) is 3.87. The topological polar surface area (TPSA) is 72.1 Å². The number of rotatable bonds is 1. The minimum Gasteiger partial charge on any atom is -0.464 e. The van der Waals surface area contributed by atoms with Gasteiger partial charge in [-0.2, -0.15) is 0 Å². The Kier molecular flexibility index (Phi) is 5.18. The maximum absolute atomic E-state index is 10.7. The molecule has 1 aromatic heterocycles. The van der Waals surface area contributed by atoms with Crippen LogP contribution in [0.4, 0.5) is 0 Å². The molecule has 1 rings (SSSR count). The minimum absolute atomic E-state index is 0.0104. The monoisotopic (exact) mass is 184 g/mol. The van der Waals surface area contributed by atoms with E-state index < -0.39 is 5.97 Å². The van der Waals surface area contributed by atoms with E-state index in [0.29, 0.717) is 0 Å². The highest BCUT2D eigenvalue weighted by Crippen LogP contribution is 1.89. The van der Waals surface area contributed by atoms with Gasteiger partial charge in [0.1, 0.15) is 0 Å². The van der Waals surface area contributed by atoms with Gasteiger partial charge in [0.2, 0.25) is 0 Å². The third kappa shape index (κ3) is 3.50. The van der Waals surface area contributed by atoms with Crippen molar-refractivity contribution < 1.29 is 9.53 Å². The normalized spacial score (nSPS) is 8.23. The van der Waals surface area contributed by atoms with Gasteiger partial charge in [-0.3, -0.25) is 4.79 Å². The molecule has 5 heteroatoms. The number of aromatic amines is 1. The van der Waals surface area contributed by atoms with Crippen molar-refractivity contribution in [2.75, 3.05) is 7.11 Å². The van der Waals surface area contributed by atoms with E-state index in [2.05, 4.69) is 14.7 Å². The second-order valence-electron chi connectivity index (χ2n) is 1.79. The molecule has 72 valence electrons. The predicted octanol–water partition coefficient (Wildman–Crippen LogP) is 0.583. The lowest BCUT2D eigenvalue weighted by molar-refractivity contribution is 0.0593. The highest BCUT2D eigenvalue weighted by molar-refractivity contribution is 5.86. The summed E-state index contributed by atoms with van der Waals surface area (Å²) >= 11 is 0. The number of methoxy groups -OCH3 is 1. The molecule has 0 aromatic carbocycles. The van der Waals surface area contributed by atoms with Crippen LogP contribution in [0.15, 0.2) is 17.2 Å². The number of aromatic nitrogens is 2. The maximum Gasteiger partial charge on any atom is 0.356 e. The Bertz CT molecular complexity index is 319. The molecule has 0 aliphatic carbocycles. The van der Waals surface area contributed by atoms with E-state index in [4.69, 9.17) is 0 Å². The molecule has 0 bridgehead atoms. The predicted molar refractivity (Wildman–Crippen MR) is 47.5 cm³/mol. The first-order chi connectivity index (χ1) is 6.24. The molecule has 0 amide bonds. The molecule has 1 heterocycles. The number of hydrogen-bond donors (Lipinski definition) is 1. The van der Waals surface area contributed by atoms with Crippen molar-refractivity contribution in [3.63, 3.8) is 0 Å². The lowest BCUT2D eigenvalue weighted by atomic mass is 10.4. The Hall–Kier alpha value is -1.65. The summed E-state index contributed by atoms with van der Waals surface area (Å²) in [6.07, 6.45) is 1.15. The average Bonchev–Trinajstić information content (AvgIpc) is 2.20. The van der Waals surface area contributed by atoms with E-state index in [1.54, 1.807) is 0 Å². The van der Waals surface area contributed by atoms with Crippen molar-refractivity contribution in [3.05, 3.63) is 28.4 Å². The standard InChI is InChI=1S/C6H6N2O3.C2H6/c1-11-6(10)4-2-5(9)8-3-7-4;1-2/h2-3H,1H3,(H,7,8,9);1-2H3. The lowest BCUT2D eigenvalue weighted by Crippen LogP contribution is -2.12. The van der Waals surface area contributed by atoms with Gasteiger partial charge in [0, 0.05) is 6.07 Å². The number of carbonyl (C=O) groups is 1. The molecule has 1 N–H and O–H groups in total. The molecule has 0 atom stereocenters. The highest BCUT2D eigenvalue weighted by Gasteiger charge is 2.05. The molecular weight excluding hydrogens is 172 g/mol. The van der Waals surface area contributed by atoms with Crippen LogP contribution in [0.3, 0.4) is 0 Å². The van der Waals surface area contributed by atoms with Gasteiger partial charge in [-0.05, 0) is 0 Å².